The van der Waals surface area contributed by atoms with E-state index >= 15 is 0 Å². The van der Waals surface area contributed by atoms with Crippen LogP contribution >= 0.6 is 39.7 Å². The molecular formula is C15H10BrClN4S. The first kappa shape index (κ1) is 15.1. The van der Waals surface area contributed by atoms with E-state index in [1.165, 1.54) is 0 Å². The van der Waals surface area contributed by atoms with Crippen LogP contribution in [0.5, 0.6) is 0 Å². The van der Waals surface area contributed by atoms with E-state index in [1.807, 2.05) is 36.4 Å². The SMILES string of the molecule is S=c1[nH]nc(-c2ccc(Cl)cc2)n1/N=C/c1ccccc1Br. The van der Waals surface area contributed by atoms with Gasteiger partial charge in [-0.25, -0.2) is 5.10 Å². The second kappa shape index (κ2) is 6.56. The molecule has 22 heavy (non-hydrogen) atoms. The molecule has 110 valence electrons. The Hall–Kier alpha value is -1.76. The van der Waals surface area contributed by atoms with Gasteiger partial charge in [-0.15, -0.1) is 0 Å². The number of nitrogens with one attached hydrogen (secondary N) is 1. The molecule has 1 heterocycles. The van der Waals surface area contributed by atoms with Gasteiger partial charge in [0.2, 0.25) is 4.77 Å². The Morgan fingerprint density at radius 3 is 2.64 bits per heavy atom. The molecule has 0 aliphatic heterocycles. The van der Waals surface area contributed by atoms with Crippen molar-refractivity contribution in [2.75, 3.05) is 0 Å². The Labute approximate surface area is 145 Å². The van der Waals surface area contributed by atoms with Crippen LogP contribution in [0.25, 0.3) is 11.4 Å². The molecule has 0 saturated heterocycles. The highest BCUT2D eigenvalue weighted by Crippen LogP contribution is 2.20. The Morgan fingerprint density at radius 2 is 1.91 bits per heavy atom. The standard InChI is InChI=1S/C15H10BrClN4S/c16-13-4-2-1-3-11(13)9-18-21-14(19-20-15(21)22)10-5-7-12(17)8-6-10/h1-9H,(H,20,22)/b18-9+. The third-order valence-electron chi connectivity index (χ3n) is 2.97. The highest BCUT2D eigenvalue weighted by molar-refractivity contribution is 9.10. The van der Waals surface area contributed by atoms with E-state index in [0.717, 1.165) is 15.6 Å². The maximum Gasteiger partial charge on any atom is 0.216 e. The van der Waals surface area contributed by atoms with E-state index in [9.17, 15) is 0 Å². The van der Waals surface area contributed by atoms with Crippen LogP contribution in [0, 0.1) is 4.77 Å². The summed E-state index contributed by atoms with van der Waals surface area (Å²) in [5, 5.41) is 12.1. The molecule has 3 rings (SSSR count). The summed E-state index contributed by atoms with van der Waals surface area (Å²) in [6.45, 7) is 0. The van der Waals surface area contributed by atoms with E-state index in [-0.39, 0.29) is 0 Å². The number of nitrogens with zero attached hydrogens (tertiary/aromatic N) is 3. The van der Waals surface area contributed by atoms with Gasteiger partial charge in [0, 0.05) is 20.6 Å². The van der Waals surface area contributed by atoms with Crippen molar-refractivity contribution in [1.29, 1.82) is 0 Å². The van der Waals surface area contributed by atoms with Crippen molar-refractivity contribution < 1.29 is 0 Å². The van der Waals surface area contributed by atoms with Gasteiger partial charge in [0.25, 0.3) is 0 Å². The summed E-state index contributed by atoms with van der Waals surface area (Å²) in [7, 11) is 0. The van der Waals surface area contributed by atoms with Gasteiger partial charge in [-0.05, 0) is 42.5 Å². The molecule has 1 N–H and O–H groups in total. The van der Waals surface area contributed by atoms with Crippen LogP contribution in [0.3, 0.4) is 0 Å². The Bertz CT molecular complexity index is 883. The predicted octanol–water partition coefficient (Wildman–Crippen LogP) is 4.91. The maximum absolute atomic E-state index is 5.91. The largest absolute Gasteiger partial charge is 0.250 e. The molecule has 0 atom stereocenters. The highest BCUT2D eigenvalue weighted by atomic mass is 79.9. The molecule has 0 radical (unpaired) electrons. The van der Waals surface area contributed by atoms with Gasteiger partial charge in [-0.1, -0.05) is 45.7 Å². The van der Waals surface area contributed by atoms with Gasteiger partial charge >= 0.3 is 0 Å². The van der Waals surface area contributed by atoms with E-state index < -0.39 is 0 Å². The number of aromatic nitrogens is 3. The van der Waals surface area contributed by atoms with E-state index in [2.05, 4.69) is 31.2 Å². The fourth-order valence-electron chi connectivity index (χ4n) is 1.88. The normalized spacial score (nSPS) is 11.2. The lowest BCUT2D eigenvalue weighted by molar-refractivity contribution is 0.871. The van der Waals surface area contributed by atoms with Crippen LogP contribution in [-0.4, -0.2) is 21.1 Å². The smallest absolute Gasteiger partial charge is 0.216 e. The summed E-state index contributed by atoms with van der Waals surface area (Å²) in [6.07, 6.45) is 1.73. The highest BCUT2D eigenvalue weighted by Gasteiger charge is 2.08. The molecule has 0 spiro atoms. The van der Waals surface area contributed by atoms with E-state index in [0.29, 0.717) is 15.6 Å². The van der Waals surface area contributed by atoms with Crippen LogP contribution in [0.4, 0.5) is 0 Å². The van der Waals surface area contributed by atoms with Crippen molar-refractivity contribution in [3.63, 3.8) is 0 Å². The first-order valence-electron chi connectivity index (χ1n) is 6.37. The monoisotopic (exact) mass is 392 g/mol. The fourth-order valence-corrected chi connectivity index (χ4v) is 2.58. The van der Waals surface area contributed by atoms with Crippen molar-refractivity contribution in [1.82, 2.24) is 14.9 Å². The van der Waals surface area contributed by atoms with Crippen molar-refractivity contribution in [3.05, 3.63) is 68.4 Å². The summed E-state index contributed by atoms with van der Waals surface area (Å²) in [4.78, 5) is 0. The van der Waals surface area contributed by atoms with Crippen molar-refractivity contribution >= 4 is 46.0 Å². The molecule has 4 nitrogen and oxygen atoms in total. The molecule has 1 aromatic heterocycles. The minimum Gasteiger partial charge on any atom is -0.250 e. The quantitative estimate of drug-likeness (QED) is 0.508. The molecule has 3 aromatic rings. The van der Waals surface area contributed by atoms with Gasteiger partial charge < -0.3 is 0 Å². The molecule has 7 heteroatoms. The molecule has 0 saturated carbocycles. The summed E-state index contributed by atoms with van der Waals surface area (Å²) in [6, 6.07) is 15.2. The fraction of sp³-hybridized carbons (Fsp3) is 0. The summed E-state index contributed by atoms with van der Waals surface area (Å²) < 4.78 is 2.97. The molecular weight excluding hydrogens is 384 g/mol. The van der Waals surface area contributed by atoms with Crippen LogP contribution in [0.1, 0.15) is 5.56 Å². The molecule has 0 aliphatic carbocycles. The Balaban J connectivity index is 2.01. The lowest BCUT2D eigenvalue weighted by atomic mass is 10.2. The minimum atomic E-state index is 0.424. The molecule has 0 aliphatic rings. The summed E-state index contributed by atoms with van der Waals surface area (Å²) in [5.41, 5.74) is 1.83. The van der Waals surface area contributed by atoms with Crippen molar-refractivity contribution in [2.45, 2.75) is 0 Å². The van der Waals surface area contributed by atoms with Crippen molar-refractivity contribution in [3.8, 4) is 11.4 Å². The number of hydrogen-bond acceptors (Lipinski definition) is 3. The lowest BCUT2D eigenvalue weighted by Crippen LogP contribution is -1.95. The third-order valence-corrected chi connectivity index (χ3v) is 4.21. The van der Waals surface area contributed by atoms with Gasteiger partial charge in [0.1, 0.15) is 0 Å². The molecule has 0 fully saturated rings. The zero-order valence-electron chi connectivity index (χ0n) is 11.2. The average molecular weight is 394 g/mol. The minimum absolute atomic E-state index is 0.424. The lowest BCUT2D eigenvalue weighted by Gasteiger charge is -2.01. The maximum atomic E-state index is 5.91. The van der Waals surface area contributed by atoms with Crippen LogP contribution in [-0.2, 0) is 0 Å². The first-order valence-corrected chi connectivity index (χ1v) is 7.95. The number of H-pyrrole nitrogens is 1. The zero-order chi connectivity index (χ0) is 15.5. The second-order valence-corrected chi connectivity index (χ2v) is 6.11. The first-order chi connectivity index (χ1) is 10.6. The average Bonchev–Trinajstić information content (AvgIpc) is 2.88. The summed E-state index contributed by atoms with van der Waals surface area (Å²) >= 11 is 14.6. The number of halogens is 2. The van der Waals surface area contributed by atoms with E-state index in [4.69, 9.17) is 23.8 Å². The van der Waals surface area contributed by atoms with Crippen LogP contribution < -0.4 is 0 Å². The van der Waals surface area contributed by atoms with Gasteiger partial charge in [0.05, 0.1) is 6.21 Å². The molecule has 0 unspecified atom stereocenters. The topological polar surface area (TPSA) is 46.0 Å². The zero-order valence-corrected chi connectivity index (χ0v) is 14.4. The summed E-state index contributed by atoms with van der Waals surface area (Å²) in [5.74, 6) is 0.630. The number of rotatable bonds is 3. The van der Waals surface area contributed by atoms with Gasteiger partial charge in [-0.3, -0.25) is 0 Å². The van der Waals surface area contributed by atoms with Gasteiger partial charge in [0.15, 0.2) is 5.82 Å². The van der Waals surface area contributed by atoms with Gasteiger partial charge in [-0.2, -0.15) is 14.9 Å². The van der Waals surface area contributed by atoms with Crippen LogP contribution in [0.2, 0.25) is 5.02 Å². The predicted molar refractivity (Wildman–Crippen MR) is 95.0 cm³/mol. The van der Waals surface area contributed by atoms with Crippen molar-refractivity contribution in [2.24, 2.45) is 5.10 Å². The number of aromatic amines is 1. The Kier molecular flexibility index (Phi) is 4.52. The number of benzene rings is 2. The third kappa shape index (κ3) is 3.19. The molecule has 0 amide bonds. The molecule has 0 bridgehead atoms. The van der Waals surface area contributed by atoms with Crippen LogP contribution in [0.15, 0.2) is 58.1 Å². The second-order valence-electron chi connectivity index (χ2n) is 4.44. The molecule has 2 aromatic carbocycles. The number of hydrogen-bond donors (Lipinski definition) is 1. The Morgan fingerprint density at radius 1 is 1.18 bits per heavy atom. The van der Waals surface area contributed by atoms with E-state index in [1.54, 1.807) is 23.0 Å².